The van der Waals surface area contributed by atoms with Crippen LogP contribution in [0.2, 0.25) is 0 Å². The van der Waals surface area contributed by atoms with Crippen LogP contribution >= 0.6 is 49.9 Å². The molecule has 1 atom stereocenters. The van der Waals surface area contributed by atoms with Crippen LogP contribution in [0.1, 0.15) is 17.2 Å². The summed E-state index contributed by atoms with van der Waals surface area (Å²) >= 11 is 7.39. The Labute approximate surface area is 132 Å². The second-order valence-electron chi connectivity index (χ2n) is 3.97. The summed E-state index contributed by atoms with van der Waals surface area (Å²) in [6, 6.07) is 7.36. The van der Waals surface area contributed by atoms with Crippen molar-refractivity contribution in [3.63, 3.8) is 0 Å². The van der Waals surface area contributed by atoms with Crippen LogP contribution in [0.5, 0.6) is 0 Å². The molecule has 0 amide bonds. The minimum Gasteiger partial charge on any atom is -0.313 e. The molecule has 1 N–H and O–H groups in total. The van der Waals surface area contributed by atoms with Crippen molar-refractivity contribution in [2.24, 2.45) is 0 Å². The molecule has 0 fully saturated rings. The van der Waals surface area contributed by atoms with Crippen LogP contribution in [0.15, 0.2) is 34.1 Å². The summed E-state index contributed by atoms with van der Waals surface area (Å²) in [4.78, 5) is 0. The molecule has 1 heterocycles. The summed E-state index contributed by atoms with van der Waals surface area (Å²) in [5.41, 5.74) is 1.94. The van der Waals surface area contributed by atoms with Gasteiger partial charge in [-0.25, -0.2) is 4.39 Å². The van der Waals surface area contributed by atoms with E-state index in [1.807, 2.05) is 13.1 Å². The van der Waals surface area contributed by atoms with E-state index < -0.39 is 0 Å². The van der Waals surface area contributed by atoms with Crippen LogP contribution in [0.3, 0.4) is 0 Å². The van der Waals surface area contributed by atoms with Crippen molar-refractivity contribution in [2.75, 3.05) is 7.05 Å². The van der Waals surface area contributed by atoms with Gasteiger partial charge in [0.05, 0.1) is 2.88 Å². The number of benzene rings is 1. The van der Waals surface area contributed by atoms with Crippen molar-refractivity contribution in [1.82, 2.24) is 5.32 Å². The lowest BCUT2D eigenvalue weighted by molar-refractivity contribution is 0.555. The highest BCUT2D eigenvalue weighted by Gasteiger charge is 2.14. The number of hydrogen-bond donors (Lipinski definition) is 1. The lowest BCUT2D eigenvalue weighted by Crippen LogP contribution is -2.18. The van der Waals surface area contributed by atoms with Gasteiger partial charge in [0.25, 0.3) is 0 Å². The highest BCUT2D eigenvalue weighted by atomic mass is 127. The minimum absolute atomic E-state index is 0.147. The van der Waals surface area contributed by atoms with E-state index >= 15 is 0 Å². The molecule has 0 spiro atoms. The molecule has 1 nitrogen and oxygen atoms in total. The standard InChI is InChI=1S/C13H12BrFINS/c1-17-12(9-6-13(16)18-7-9)5-8-4-10(14)2-3-11(8)15/h2-4,6-7,12,17H,5H2,1H3. The fraction of sp³-hybridized carbons (Fsp3) is 0.231. The molecule has 96 valence electrons. The third kappa shape index (κ3) is 3.53. The Morgan fingerprint density at radius 2 is 2.22 bits per heavy atom. The Bertz CT molecular complexity index is 544. The van der Waals surface area contributed by atoms with E-state index in [0.29, 0.717) is 6.42 Å². The van der Waals surface area contributed by atoms with Gasteiger partial charge < -0.3 is 5.32 Å². The first-order chi connectivity index (χ1) is 8.60. The van der Waals surface area contributed by atoms with Gasteiger partial charge in [-0.3, -0.25) is 0 Å². The van der Waals surface area contributed by atoms with Gasteiger partial charge in [-0.1, -0.05) is 15.9 Å². The average Bonchev–Trinajstić information content (AvgIpc) is 2.77. The van der Waals surface area contributed by atoms with E-state index in [0.717, 1.165) is 10.0 Å². The lowest BCUT2D eigenvalue weighted by Gasteiger charge is -2.15. The molecule has 0 aliphatic carbocycles. The first kappa shape index (κ1) is 14.4. The first-order valence-corrected chi connectivity index (χ1v) is 8.20. The molecule has 1 unspecified atom stereocenters. The van der Waals surface area contributed by atoms with Crippen molar-refractivity contribution < 1.29 is 4.39 Å². The Balaban J connectivity index is 2.22. The number of rotatable bonds is 4. The van der Waals surface area contributed by atoms with Crippen LogP contribution in [0.4, 0.5) is 4.39 Å². The quantitative estimate of drug-likeness (QED) is 0.677. The normalized spacial score (nSPS) is 12.7. The molecule has 1 aromatic carbocycles. The average molecular weight is 440 g/mol. The molecule has 0 aliphatic rings. The van der Waals surface area contributed by atoms with E-state index in [-0.39, 0.29) is 11.9 Å². The van der Waals surface area contributed by atoms with Gasteiger partial charge in [-0.2, -0.15) is 0 Å². The Hall–Kier alpha value is 0.0200. The van der Waals surface area contributed by atoms with E-state index in [9.17, 15) is 4.39 Å². The predicted molar refractivity (Wildman–Crippen MR) is 86.6 cm³/mol. The van der Waals surface area contributed by atoms with Crippen molar-refractivity contribution in [3.8, 4) is 0 Å². The summed E-state index contributed by atoms with van der Waals surface area (Å²) < 4.78 is 15.9. The number of hydrogen-bond acceptors (Lipinski definition) is 2. The maximum absolute atomic E-state index is 13.7. The zero-order chi connectivity index (χ0) is 13.1. The van der Waals surface area contributed by atoms with E-state index in [1.54, 1.807) is 17.4 Å². The zero-order valence-corrected chi connectivity index (χ0v) is 14.3. The van der Waals surface area contributed by atoms with Gasteiger partial charge in [0.2, 0.25) is 0 Å². The van der Waals surface area contributed by atoms with Gasteiger partial charge in [-0.15, -0.1) is 11.3 Å². The summed E-state index contributed by atoms with van der Waals surface area (Å²) in [7, 11) is 1.91. The molecule has 2 rings (SSSR count). The minimum atomic E-state index is -0.150. The summed E-state index contributed by atoms with van der Waals surface area (Å²) in [5.74, 6) is -0.150. The third-order valence-electron chi connectivity index (χ3n) is 2.77. The van der Waals surface area contributed by atoms with Crippen molar-refractivity contribution in [2.45, 2.75) is 12.5 Å². The molecule has 2 aromatic rings. The maximum Gasteiger partial charge on any atom is 0.126 e. The molecule has 0 aliphatic heterocycles. The van der Waals surface area contributed by atoms with Crippen LogP contribution in [-0.2, 0) is 6.42 Å². The second kappa shape index (κ2) is 6.45. The van der Waals surface area contributed by atoms with Crippen LogP contribution in [0.25, 0.3) is 0 Å². The molecule has 0 radical (unpaired) electrons. The molecule has 0 saturated carbocycles. The van der Waals surface area contributed by atoms with Crippen LogP contribution < -0.4 is 5.32 Å². The van der Waals surface area contributed by atoms with Gasteiger partial charge in [0.15, 0.2) is 0 Å². The van der Waals surface area contributed by atoms with E-state index in [2.05, 4.69) is 55.3 Å². The number of nitrogens with one attached hydrogen (secondary N) is 1. The Morgan fingerprint density at radius 1 is 1.44 bits per heavy atom. The number of likely N-dealkylation sites (N-methyl/N-ethyl adjacent to an activating group) is 1. The summed E-state index contributed by atoms with van der Waals surface area (Å²) in [5, 5.41) is 5.37. The number of halogens is 3. The first-order valence-electron chi connectivity index (χ1n) is 5.45. The second-order valence-corrected chi connectivity index (χ2v) is 7.69. The third-order valence-corrected chi connectivity index (χ3v) is 5.07. The molecule has 18 heavy (non-hydrogen) atoms. The monoisotopic (exact) mass is 439 g/mol. The highest BCUT2D eigenvalue weighted by molar-refractivity contribution is 14.1. The molecule has 0 bridgehead atoms. The highest BCUT2D eigenvalue weighted by Crippen LogP contribution is 2.26. The fourth-order valence-corrected chi connectivity index (χ4v) is 3.65. The number of thiophene rings is 1. The van der Waals surface area contributed by atoms with Crippen molar-refractivity contribution >= 4 is 49.9 Å². The molecule has 5 heteroatoms. The Morgan fingerprint density at radius 3 is 2.83 bits per heavy atom. The van der Waals surface area contributed by atoms with Gasteiger partial charge in [0.1, 0.15) is 5.82 Å². The van der Waals surface area contributed by atoms with E-state index in [1.165, 1.54) is 14.5 Å². The molecular weight excluding hydrogens is 428 g/mol. The topological polar surface area (TPSA) is 12.0 Å². The molecular formula is C13H12BrFINS. The lowest BCUT2D eigenvalue weighted by atomic mass is 10.0. The van der Waals surface area contributed by atoms with E-state index in [4.69, 9.17) is 0 Å². The smallest absolute Gasteiger partial charge is 0.126 e. The van der Waals surface area contributed by atoms with Crippen molar-refractivity contribution in [1.29, 1.82) is 0 Å². The summed E-state index contributed by atoms with van der Waals surface area (Å²) in [6.45, 7) is 0. The van der Waals surface area contributed by atoms with Crippen molar-refractivity contribution in [3.05, 3.63) is 53.9 Å². The SMILES string of the molecule is CNC(Cc1cc(Br)ccc1F)c1csc(I)c1. The molecule has 0 saturated heterocycles. The Kier molecular flexibility index (Phi) is 5.17. The molecule has 1 aromatic heterocycles. The predicted octanol–water partition coefficient (Wildman–Crippen LogP) is 4.76. The maximum atomic E-state index is 13.7. The summed E-state index contributed by atoms with van der Waals surface area (Å²) in [6.07, 6.45) is 0.647. The van der Waals surface area contributed by atoms with Gasteiger partial charge >= 0.3 is 0 Å². The van der Waals surface area contributed by atoms with Gasteiger partial charge in [0, 0.05) is 10.5 Å². The van der Waals surface area contributed by atoms with Crippen LogP contribution in [-0.4, -0.2) is 7.05 Å². The van der Waals surface area contributed by atoms with Gasteiger partial charge in [-0.05, 0) is 76.8 Å². The zero-order valence-electron chi connectivity index (χ0n) is 9.71. The largest absolute Gasteiger partial charge is 0.313 e. The fourth-order valence-electron chi connectivity index (χ4n) is 1.81. The van der Waals surface area contributed by atoms with Crippen LogP contribution in [0, 0.1) is 8.70 Å².